The lowest BCUT2D eigenvalue weighted by molar-refractivity contribution is -0.128. The number of aromatic nitrogens is 3. The van der Waals surface area contributed by atoms with Crippen molar-refractivity contribution in [1.82, 2.24) is 25.8 Å². The van der Waals surface area contributed by atoms with Crippen molar-refractivity contribution in [3.63, 3.8) is 0 Å². The van der Waals surface area contributed by atoms with Crippen LogP contribution in [-0.4, -0.2) is 33.5 Å². The molecule has 1 aromatic heterocycles. The number of nitrogens with zero attached hydrogens (tertiary/aromatic N) is 2. The van der Waals surface area contributed by atoms with Gasteiger partial charge in [0.2, 0.25) is 11.8 Å². The van der Waals surface area contributed by atoms with Gasteiger partial charge in [0.1, 0.15) is 11.9 Å². The van der Waals surface area contributed by atoms with Gasteiger partial charge in [-0.2, -0.15) is 5.10 Å². The Morgan fingerprint density at radius 1 is 1.20 bits per heavy atom. The summed E-state index contributed by atoms with van der Waals surface area (Å²) in [6.45, 7) is 7.59. The number of aryl methyl sites for hydroxylation is 1. The molecule has 7 nitrogen and oxygen atoms in total. The molecule has 0 saturated carbocycles. The zero-order valence-electron chi connectivity index (χ0n) is 15.1. The molecule has 0 saturated heterocycles. The van der Waals surface area contributed by atoms with Gasteiger partial charge in [0.05, 0.1) is 0 Å². The highest BCUT2D eigenvalue weighted by Crippen LogP contribution is 2.19. The molecule has 3 N–H and O–H groups in total. The molecule has 0 bridgehead atoms. The first-order chi connectivity index (χ1) is 11.8. The number of nitrogens with one attached hydrogen (secondary N) is 3. The fraction of sp³-hybridized carbons (Fsp3) is 0.444. The molecule has 1 aromatic carbocycles. The van der Waals surface area contributed by atoms with Crippen molar-refractivity contribution in [3.05, 3.63) is 47.5 Å². The van der Waals surface area contributed by atoms with E-state index in [4.69, 9.17) is 0 Å². The molecule has 0 unspecified atom stereocenters. The minimum atomic E-state index is -0.473. The van der Waals surface area contributed by atoms with Crippen LogP contribution in [0.5, 0.6) is 0 Å². The van der Waals surface area contributed by atoms with E-state index in [-0.39, 0.29) is 24.8 Å². The Balaban J connectivity index is 2.00. The van der Waals surface area contributed by atoms with Crippen molar-refractivity contribution in [1.29, 1.82) is 0 Å². The Morgan fingerprint density at radius 2 is 1.88 bits per heavy atom. The number of amides is 2. The number of hydrogen-bond donors (Lipinski definition) is 3. The smallest absolute Gasteiger partial charge is 0.225 e. The van der Waals surface area contributed by atoms with Crippen LogP contribution in [0.15, 0.2) is 30.3 Å². The summed E-state index contributed by atoms with van der Waals surface area (Å²) < 4.78 is 0. The summed E-state index contributed by atoms with van der Waals surface area (Å²) in [5.74, 6) is 0.938. The average Bonchev–Trinajstić information content (AvgIpc) is 2.98. The molecule has 25 heavy (non-hydrogen) atoms. The highest BCUT2D eigenvalue weighted by atomic mass is 16.2. The van der Waals surface area contributed by atoms with E-state index in [9.17, 15) is 9.59 Å². The summed E-state index contributed by atoms with van der Waals surface area (Å²) in [6, 6.07) is 9.11. The number of rotatable bonds is 6. The van der Waals surface area contributed by atoms with E-state index in [1.807, 2.05) is 58.0 Å². The van der Waals surface area contributed by atoms with Crippen LogP contribution in [0.2, 0.25) is 0 Å². The lowest BCUT2D eigenvalue weighted by atomic mass is 9.96. The van der Waals surface area contributed by atoms with Crippen molar-refractivity contribution in [2.75, 3.05) is 6.54 Å². The van der Waals surface area contributed by atoms with Gasteiger partial charge in [0.25, 0.3) is 0 Å². The summed E-state index contributed by atoms with van der Waals surface area (Å²) in [6.07, 6.45) is 0.189. The molecule has 0 spiro atoms. The Labute approximate surface area is 147 Å². The fourth-order valence-corrected chi connectivity index (χ4v) is 2.22. The maximum absolute atomic E-state index is 12.3. The molecule has 0 radical (unpaired) electrons. The van der Waals surface area contributed by atoms with Crippen LogP contribution in [0.4, 0.5) is 0 Å². The van der Waals surface area contributed by atoms with E-state index in [0.29, 0.717) is 11.6 Å². The maximum Gasteiger partial charge on any atom is 0.225 e. The van der Waals surface area contributed by atoms with Crippen LogP contribution in [0, 0.1) is 12.3 Å². The van der Waals surface area contributed by atoms with Crippen LogP contribution in [0.1, 0.15) is 50.4 Å². The predicted octanol–water partition coefficient (Wildman–Crippen LogP) is 1.87. The Morgan fingerprint density at radius 3 is 2.44 bits per heavy atom. The second kappa shape index (κ2) is 7.92. The van der Waals surface area contributed by atoms with Crippen molar-refractivity contribution < 1.29 is 9.59 Å². The minimum absolute atomic E-state index is 0.0792. The highest BCUT2D eigenvalue weighted by molar-refractivity contribution is 5.82. The van der Waals surface area contributed by atoms with E-state index in [1.165, 1.54) is 0 Å². The minimum Gasteiger partial charge on any atom is -0.355 e. The third-order valence-electron chi connectivity index (χ3n) is 3.63. The summed E-state index contributed by atoms with van der Waals surface area (Å²) in [5.41, 5.74) is 0.424. The van der Waals surface area contributed by atoms with Gasteiger partial charge in [-0.3, -0.25) is 14.7 Å². The molecular weight excluding hydrogens is 318 g/mol. The SMILES string of the molecule is Cc1nc([C@H](NC(=O)CCNC(=O)C(C)(C)C)c2ccccc2)n[nH]1. The molecule has 2 aromatic rings. The van der Waals surface area contributed by atoms with Crippen molar-refractivity contribution in [2.24, 2.45) is 5.41 Å². The number of H-pyrrole nitrogens is 1. The Kier molecular flexibility index (Phi) is 5.90. The molecule has 0 fully saturated rings. The van der Waals surface area contributed by atoms with E-state index >= 15 is 0 Å². The Hall–Kier alpha value is -2.70. The molecule has 0 aliphatic rings. The second-order valence-corrected chi connectivity index (χ2v) is 6.95. The second-order valence-electron chi connectivity index (χ2n) is 6.95. The lowest BCUT2D eigenvalue weighted by Gasteiger charge is -2.19. The van der Waals surface area contributed by atoms with Crippen LogP contribution < -0.4 is 10.6 Å². The van der Waals surface area contributed by atoms with Crippen LogP contribution in [0.25, 0.3) is 0 Å². The van der Waals surface area contributed by atoms with Crippen LogP contribution in [-0.2, 0) is 9.59 Å². The molecular formula is C18H25N5O2. The lowest BCUT2D eigenvalue weighted by Crippen LogP contribution is -2.38. The van der Waals surface area contributed by atoms with Gasteiger partial charge in [-0.25, -0.2) is 4.98 Å². The molecule has 7 heteroatoms. The largest absolute Gasteiger partial charge is 0.355 e. The molecule has 1 atom stereocenters. The van der Waals surface area contributed by atoms with E-state index in [2.05, 4.69) is 25.8 Å². The number of benzene rings is 1. The van der Waals surface area contributed by atoms with Gasteiger partial charge in [-0.05, 0) is 12.5 Å². The fourth-order valence-electron chi connectivity index (χ4n) is 2.22. The summed E-state index contributed by atoms with van der Waals surface area (Å²) in [5, 5.41) is 12.7. The van der Waals surface area contributed by atoms with Crippen molar-refractivity contribution >= 4 is 11.8 Å². The van der Waals surface area contributed by atoms with Gasteiger partial charge < -0.3 is 10.6 Å². The van der Waals surface area contributed by atoms with Crippen LogP contribution >= 0.6 is 0 Å². The van der Waals surface area contributed by atoms with Gasteiger partial charge in [-0.1, -0.05) is 51.1 Å². The molecule has 134 valence electrons. The number of hydrogen-bond acceptors (Lipinski definition) is 4. The third-order valence-corrected chi connectivity index (χ3v) is 3.63. The molecule has 2 amide bonds. The monoisotopic (exact) mass is 343 g/mol. The standard InChI is InChI=1S/C18H25N5O2/c1-12-20-16(23-22-12)15(13-8-6-5-7-9-13)21-14(24)10-11-19-17(25)18(2,3)4/h5-9,15H,10-11H2,1-4H3,(H,19,25)(H,21,24)(H,20,22,23)/t15-/m1/s1. The number of carbonyl (C=O) groups excluding carboxylic acids is 2. The van der Waals surface area contributed by atoms with Gasteiger partial charge in [0.15, 0.2) is 5.82 Å². The first kappa shape index (κ1) is 18.6. The third kappa shape index (κ3) is 5.41. The summed E-state index contributed by atoms with van der Waals surface area (Å²) >= 11 is 0. The molecule has 0 aliphatic heterocycles. The average molecular weight is 343 g/mol. The first-order valence-electron chi connectivity index (χ1n) is 8.29. The quantitative estimate of drug-likeness (QED) is 0.745. The van der Waals surface area contributed by atoms with Crippen molar-refractivity contribution in [3.8, 4) is 0 Å². The van der Waals surface area contributed by atoms with E-state index < -0.39 is 11.5 Å². The Bertz CT molecular complexity index is 719. The summed E-state index contributed by atoms with van der Waals surface area (Å²) in [4.78, 5) is 28.5. The normalized spacial score (nSPS) is 12.5. The number of aromatic amines is 1. The topological polar surface area (TPSA) is 99.8 Å². The van der Waals surface area contributed by atoms with Crippen molar-refractivity contribution in [2.45, 2.75) is 40.2 Å². The molecule has 0 aliphatic carbocycles. The van der Waals surface area contributed by atoms with E-state index in [0.717, 1.165) is 5.56 Å². The molecule has 1 heterocycles. The van der Waals surface area contributed by atoms with Gasteiger partial charge in [0, 0.05) is 18.4 Å². The predicted molar refractivity (Wildman–Crippen MR) is 94.6 cm³/mol. The summed E-state index contributed by atoms with van der Waals surface area (Å²) in [7, 11) is 0. The molecule has 2 rings (SSSR count). The van der Waals surface area contributed by atoms with Crippen LogP contribution in [0.3, 0.4) is 0 Å². The van der Waals surface area contributed by atoms with Gasteiger partial charge >= 0.3 is 0 Å². The van der Waals surface area contributed by atoms with Gasteiger partial charge in [-0.15, -0.1) is 0 Å². The maximum atomic E-state index is 12.3. The zero-order valence-corrected chi connectivity index (χ0v) is 15.1. The van der Waals surface area contributed by atoms with E-state index in [1.54, 1.807) is 0 Å². The zero-order chi connectivity index (χ0) is 18.4. The number of carbonyl (C=O) groups is 2. The highest BCUT2D eigenvalue weighted by Gasteiger charge is 2.22. The first-order valence-corrected chi connectivity index (χ1v) is 8.29.